The Morgan fingerprint density at radius 3 is 2.39 bits per heavy atom. The number of anilines is 1. The Kier molecular flexibility index (Phi) is 5.74. The SMILES string of the molecule is CCOc1ccc(OCC)c(NS(=O)(=O)c2ccccc2Cl)c1. The van der Waals surface area contributed by atoms with Gasteiger partial charge < -0.3 is 9.47 Å². The van der Waals surface area contributed by atoms with Crippen molar-refractivity contribution in [3.8, 4) is 11.5 Å². The molecule has 0 aliphatic heterocycles. The Labute approximate surface area is 141 Å². The van der Waals surface area contributed by atoms with Gasteiger partial charge in [0, 0.05) is 6.07 Å². The Morgan fingerprint density at radius 1 is 1.04 bits per heavy atom. The van der Waals surface area contributed by atoms with E-state index in [0.29, 0.717) is 30.4 Å². The van der Waals surface area contributed by atoms with Crippen LogP contribution in [0.1, 0.15) is 13.8 Å². The third kappa shape index (κ3) is 4.30. The van der Waals surface area contributed by atoms with E-state index < -0.39 is 10.0 Å². The first-order valence-corrected chi connectivity index (χ1v) is 9.01. The van der Waals surface area contributed by atoms with Crippen LogP contribution < -0.4 is 14.2 Å². The average molecular weight is 356 g/mol. The van der Waals surface area contributed by atoms with Gasteiger partial charge in [0.25, 0.3) is 10.0 Å². The lowest BCUT2D eigenvalue weighted by molar-refractivity contribution is 0.332. The number of rotatable bonds is 7. The van der Waals surface area contributed by atoms with Gasteiger partial charge in [0.1, 0.15) is 16.4 Å². The summed E-state index contributed by atoms with van der Waals surface area (Å²) in [5.74, 6) is 0.972. The van der Waals surface area contributed by atoms with E-state index in [-0.39, 0.29) is 9.92 Å². The van der Waals surface area contributed by atoms with Crippen LogP contribution in [0.2, 0.25) is 5.02 Å². The molecule has 5 nitrogen and oxygen atoms in total. The zero-order valence-electron chi connectivity index (χ0n) is 12.9. The van der Waals surface area contributed by atoms with Crippen LogP contribution in [0.5, 0.6) is 11.5 Å². The highest BCUT2D eigenvalue weighted by Crippen LogP contribution is 2.32. The Balaban J connectivity index is 2.40. The van der Waals surface area contributed by atoms with E-state index in [1.807, 2.05) is 13.8 Å². The normalized spacial score (nSPS) is 11.1. The van der Waals surface area contributed by atoms with Crippen molar-refractivity contribution in [2.45, 2.75) is 18.7 Å². The van der Waals surface area contributed by atoms with Crippen molar-refractivity contribution in [2.24, 2.45) is 0 Å². The zero-order valence-corrected chi connectivity index (χ0v) is 14.4. The first-order valence-electron chi connectivity index (χ1n) is 7.15. The van der Waals surface area contributed by atoms with Crippen LogP contribution in [0.25, 0.3) is 0 Å². The van der Waals surface area contributed by atoms with Gasteiger partial charge in [-0.05, 0) is 38.1 Å². The number of hydrogen-bond acceptors (Lipinski definition) is 4. The van der Waals surface area contributed by atoms with Crippen LogP contribution in [0.3, 0.4) is 0 Å². The molecule has 0 aromatic heterocycles. The molecule has 1 N–H and O–H groups in total. The van der Waals surface area contributed by atoms with Crippen molar-refractivity contribution in [1.82, 2.24) is 0 Å². The van der Waals surface area contributed by atoms with E-state index in [1.54, 1.807) is 30.3 Å². The Hall–Kier alpha value is -1.92. The van der Waals surface area contributed by atoms with Gasteiger partial charge in [-0.2, -0.15) is 0 Å². The minimum absolute atomic E-state index is 0.00549. The van der Waals surface area contributed by atoms with Gasteiger partial charge in [-0.25, -0.2) is 8.42 Å². The van der Waals surface area contributed by atoms with Crippen molar-refractivity contribution >= 4 is 27.3 Å². The lowest BCUT2D eigenvalue weighted by atomic mass is 10.3. The van der Waals surface area contributed by atoms with Crippen LogP contribution in [0.4, 0.5) is 5.69 Å². The highest BCUT2D eigenvalue weighted by atomic mass is 35.5. The van der Waals surface area contributed by atoms with Crippen molar-refractivity contribution in [1.29, 1.82) is 0 Å². The maximum Gasteiger partial charge on any atom is 0.263 e. The van der Waals surface area contributed by atoms with E-state index in [1.165, 1.54) is 12.1 Å². The molecule has 0 amide bonds. The molecule has 124 valence electrons. The first kappa shape index (κ1) is 17.4. The summed E-state index contributed by atoms with van der Waals surface area (Å²) in [6, 6.07) is 11.2. The minimum Gasteiger partial charge on any atom is -0.494 e. The highest BCUT2D eigenvalue weighted by molar-refractivity contribution is 7.92. The van der Waals surface area contributed by atoms with Gasteiger partial charge in [-0.15, -0.1) is 0 Å². The Bertz CT molecular complexity index is 777. The minimum atomic E-state index is -3.83. The van der Waals surface area contributed by atoms with Crippen LogP contribution in [0.15, 0.2) is 47.4 Å². The molecule has 0 saturated heterocycles. The summed E-state index contributed by atoms with van der Waals surface area (Å²) in [5, 5.41) is 0.152. The lowest BCUT2D eigenvalue weighted by Gasteiger charge is -2.15. The van der Waals surface area contributed by atoms with Gasteiger partial charge in [0.15, 0.2) is 0 Å². The number of sulfonamides is 1. The van der Waals surface area contributed by atoms with E-state index in [4.69, 9.17) is 21.1 Å². The van der Waals surface area contributed by atoms with Crippen LogP contribution in [0, 0.1) is 0 Å². The first-order chi connectivity index (χ1) is 11.0. The average Bonchev–Trinajstić information content (AvgIpc) is 2.50. The van der Waals surface area contributed by atoms with Gasteiger partial charge >= 0.3 is 0 Å². The fourth-order valence-corrected chi connectivity index (χ4v) is 3.57. The fraction of sp³-hybridized carbons (Fsp3) is 0.250. The third-order valence-corrected chi connectivity index (χ3v) is 4.80. The van der Waals surface area contributed by atoms with E-state index in [9.17, 15) is 8.42 Å². The molecular formula is C16H18ClNO4S. The fourth-order valence-electron chi connectivity index (χ4n) is 1.99. The molecule has 0 bridgehead atoms. The molecule has 0 saturated carbocycles. The second-order valence-electron chi connectivity index (χ2n) is 4.56. The summed E-state index contributed by atoms with van der Waals surface area (Å²) in [6.07, 6.45) is 0. The number of benzene rings is 2. The summed E-state index contributed by atoms with van der Waals surface area (Å²) >= 11 is 5.98. The number of halogens is 1. The summed E-state index contributed by atoms with van der Waals surface area (Å²) in [5.41, 5.74) is 0.303. The highest BCUT2D eigenvalue weighted by Gasteiger charge is 2.20. The van der Waals surface area contributed by atoms with Crippen molar-refractivity contribution < 1.29 is 17.9 Å². The standard InChI is InChI=1S/C16H18ClNO4S/c1-3-21-12-9-10-15(22-4-2)14(11-12)18-23(19,20)16-8-6-5-7-13(16)17/h5-11,18H,3-4H2,1-2H3. The maximum atomic E-state index is 12.6. The Morgan fingerprint density at radius 2 is 1.74 bits per heavy atom. The van der Waals surface area contributed by atoms with Crippen LogP contribution in [-0.4, -0.2) is 21.6 Å². The topological polar surface area (TPSA) is 64.6 Å². The lowest BCUT2D eigenvalue weighted by Crippen LogP contribution is -2.14. The molecule has 23 heavy (non-hydrogen) atoms. The summed E-state index contributed by atoms with van der Waals surface area (Å²) in [6.45, 7) is 4.56. The zero-order chi connectivity index (χ0) is 16.9. The van der Waals surface area contributed by atoms with Crippen LogP contribution >= 0.6 is 11.6 Å². The molecule has 2 rings (SSSR count). The molecule has 2 aromatic rings. The molecule has 0 spiro atoms. The summed E-state index contributed by atoms with van der Waals surface area (Å²) in [7, 11) is -3.83. The van der Waals surface area contributed by atoms with Gasteiger partial charge in [-0.1, -0.05) is 23.7 Å². The second-order valence-corrected chi connectivity index (χ2v) is 6.62. The van der Waals surface area contributed by atoms with Crippen molar-refractivity contribution in [3.05, 3.63) is 47.5 Å². The smallest absolute Gasteiger partial charge is 0.263 e. The van der Waals surface area contributed by atoms with E-state index in [0.717, 1.165) is 0 Å². The predicted octanol–water partition coefficient (Wildman–Crippen LogP) is 3.94. The molecule has 0 aliphatic carbocycles. The molecule has 0 fully saturated rings. The second kappa shape index (κ2) is 7.57. The third-order valence-electron chi connectivity index (χ3n) is 2.93. The monoisotopic (exact) mass is 355 g/mol. The van der Waals surface area contributed by atoms with Crippen molar-refractivity contribution in [3.63, 3.8) is 0 Å². The van der Waals surface area contributed by atoms with E-state index in [2.05, 4.69) is 4.72 Å². The number of nitrogens with one attached hydrogen (secondary N) is 1. The molecule has 0 unspecified atom stereocenters. The number of hydrogen-bond donors (Lipinski definition) is 1. The quantitative estimate of drug-likeness (QED) is 0.817. The van der Waals surface area contributed by atoms with Gasteiger partial charge in [-0.3, -0.25) is 4.72 Å². The molecule has 2 aromatic carbocycles. The maximum absolute atomic E-state index is 12.6. The summed E-state index contributed by atoms with van der Waals surface area (Å²) < 4.78 is 38.5. The molecule has 0 radical (unpaired) electrons. The van der Waals surface area contributed by atoms with E-state index >= 15 is 0 Å². The summed E-state index contributed by atoms with van der Waals surface area (Å²) in [4.78, 5) is 0.00549. The van der Waals surface area contributed by atoms with Crippen LogP contribution in [-0.2, 0) is 10.0 Å². The molecule has 0 atom stereocenters. The number of ether oxygens (including phenoxy) is 2. The van der Waals surface area contributed by atoms with Gasteiger partial charge in [0.2, 0.25) is 0 Å². The molecule has 0 heterocycles. The largest absolute Gasteiger partial charge is 0.494 e. The molecule has 0 aliphatic rings. The van der Waals surface area contributed by atoms with Crippen molar-refractivity contribution in [2.75, 3.05) is 17.9 Å². The molecule has 7 heteroatoms. The van der Waals surface area contributed by atoms with Gasteiger partial charge in [0.05, 0.1) is 23.9 Å². The molecular weight excluding hydrogens is 338 g/mol. The predicted molar refractivity (Wildman–Crippen MR) is 91.0 cm³/mol.